The van der Waals surface area contributed by atoms with E-state index in [-0.39, 0.29) is 5.69 Å². The zero-order valence-electron chi connectivity index (χ0n) is 10.6. The van der Waals surface area contributed by atoms with Crippen molar-refractivity contribution in [3.05, 3.63) is 34.4 Å². The highest BCUT2D eigenvalue weighted by Gasteiger charge is 2.48. The van der Waals surface area contributed by atoms with Crippen LogP contribution < -0.4 is 4.74 Å². The fourth-order valence-corrected chi connectivity index (χ4v) is 2.59. The standard InChI is InChI=1S/C13H16N2O4/c16-15(17)11-1-3-12(4-2-11)19-6-5-14-7-13(8-14)9-18-10-13/h1-4H,5-10H2. The lowest BCUT2D eigenvalue weighted by atomic mass is 9.78. The van der Waals surface area contributed by atoms with E-state index in [1.54, 1.807) is 12.1 Å². The molecule has 0 radical (unpaired) electrons. The highest BCUT2D eigenvalue weighted by Crippen LogP contribution is 2.37. The number of non-ortho nitro benzene ring substituents is 1. The van der Waals surface area contributed by atoms with Gasteiger partial charge in [0.1, 0.15) is 12.4 Å². The molecule has 0 aromatic heterocycles. The predicted molar refractivity (Wildman–Crippen MR) is 68.3 cm³/mol. The van der Waals surface area contributed by atoms with Crippen LogP contribution >= 0.6 is 0 Å². The van der Waals surface area contributed by atoms with Gasteiger partial charge in [0.2, 0.25) is 0 Å². The smallest absolute Gasteiger partial charge is 0.269 e. The normalized spacial score (nSPS) is 20.6. The van der Waals surface area contributed by atoms with Crippen molar-refractivity contribution in [3.63, 3.8) is 0 Å². The van der Waals surface area contributed by atoms with Gasteiger partial charge in [-0.3, -0.25) is 15.0 Å². The number of hydrogen-bond donors (Lipinski definition) is 0. The average molecular weight is 264 g/mol. The van der Waals surface area contributed by atoms with E-state index in [1.807, 2.05) is 0 Å². The summed E-state index contributed by atoms with van der Waals surface area (Å²) in [4.78, 5) is 12.4. The minimum absolute atomic E-state index is 0.0852. The van der Waals surface area contributed by atoms with Gasteiger partial charge in [-0.25, -0.2) is 0 Å². The molecular formula is C13H16N2O4. The van der Waals surface area contributed by atoms with Gasteiger partial charge in [-0.2, -0.15) is 0 Å². The van der Waals surface area contributed by atoms with Gasteiger partial charge in [0, 0.05) is 37.2 Å². The van der Waals surface area contributed by atoms with Crippen molar-refractivity contribution in [3.8, 4) is 5.75 Å². The zero-order valence-corrected chi connectivity index (χ0v) is 10.6. The van der Waals surface area contributed by atoms with Crippen molar-refractivity contribution < 1.29 is 14.4 Å². The molecule has 0 saturated carbocycles. The third-order valence-corrected chi connectivity index (χ3v) is 3.66. The van der Waals surface area contributed by atoms with Crippen molar-refractivity contribution in [2.24, 2.45) is 5.41 Å². The molecule has 0 amide bonds. The Morgan fingerprint density at radius 3 is 2.53 bits per heavy atom. The molecule has 2 fully saturated rings. The summed E-state index contributed by atoms with van der Waals surface area (Å²) in [5.74, 6) is 0.674. The molecule has 1 aromatic rings. The molecule has 0 bridgehead atoms. The molecule has 0 unspecified atom stereocenters. The Morgan fingerprint density at radius 1 is 1.32 bits per heavy atom. The Labute approximate surface area is 111 Å². The van der Waals surface area contributed by atoms with Gasteiger partial charge in [-0.15, -0.1) is 0 Å². The molecule has 6 nitrogen and oxygen atoms in total. The molecule has 102 valence electrons. The molecule has 2 aliphatic rings. The third kappa shape index (κ3) is 2.54. The Morgan fingerprint density at radius 2 is 2.00 bits per heavy atom. The summed E-state index contributed by atoms with van der Waals surface area (Å²) in [7, 11) is 0. The molecule has 19 heavy (non-hydrogen) atoms. The summed E-state index contributed by atoms with van der Waals surface area (Å²) in [6, 6.07) is 6.18. The number of benzene rings is 1. The van der Waals surface area contributed by atoms with Gasteiger partial charge in [0.15, 0.2) is 0 Å². The molecule has 1 aromatic carbocycles. The molecule has 0 aliphatic carbocycles. The highest BCUT2D eigenvalue weighted by atomic mass is 16.6. The molecule has 3 rings (SSSR count). The fourth-order valence-electron chi connectivity index (χ4n) is 2.59. The van der Waals surface area contributed by atoms with Gasteiger partial charge in [0.25, 0.3) is 5.69 Å². The summed E-state index contributed by atoms with van der Waals surface area (Å²) in [5.41, 5.74) is 0.523. The summed E-state index contributed by atoms with van der Waals surface area (Å²) < 4.78 is 10.8. The SMILES string of the molecule is O=[N+]([O-])c1ccc(OCCN2CC3(COC3)C2)cc1. The average Bonchev–Trinajstić information content (AvgIpc) is 2.30. The number of nitro benzene ring substituents is 1. The van der Waals surface area contributed by atoms with Crippen molar-refractivity contribution in [2.45, 2.75) is 0 Å². The Balaban J connectivity index is 1.39. The lowest BCUT2D eigenvalue weighted by Gasteiger charge is -2.55. The van der Waals surface area contributed by atoms with Gasteiger partial charge in [0.05, 0.1) is 18.1 Å². The second kappa shape index (κ2) is 4.79. The molecule has 0 N–H and O–H groups in total. The van der Waals surface area contributed by atoms with Gasteiger partial charge >= 0.3 is 0 Å². The maximum absolute atomic E-state index is 10.5. The second-order valence-corrected chi connectivity index (χ2v) is 5.30. The van der Waals surface area contributed by atoms with Gasteiger partial charge in [-0.05, 0) is 12.1 Å². The van der Waals surface area contributed by atoms with E-state index in [1.165, 1.54) is 12.1 Å². The molecule has 2 saturated heterocycles. The van der Waals surface area contributed by atoms with Crippen LogP contribution in [0.1, 0.15) is 0 Å². The van der Waals surface area contributed by atoms with Crippen LogP contribution in [-0.4, -0.2) is 49.3 Å². The molecule has 6 heteroatoms. The number of ether oxygens (including phenoxy) is 2. The lowest BCUT2D eigenvalue weighted by molar-refractivity contribution is -0.384. The van der Waals surface area contributed by atoms with E-state index >= 15 is 0 Å². The molecular weight excluding hydrogens is 248 g/mol. The van der Waals surface area contributed by atoms with E-state index in [0.29, 0.717) is 17.8 Å². The molecule has 1 spiro atoms. The Bertz CT molecular complexity index is 462. The highest BCUT2D eigenvalue weighted by molar-refractivity contribution is 5.35. The Hall–Kier alpha value is -1.66. The number of likely N-dealkylation sites (tertiary alicyclic amines) is 1. The largest absolute Gasteiger partial charge is 0.492 e. The number of hydrogen-bond acceptors (Lipinski definition) is 5. The van der Waals surface area contributed by atoms with E-state index < -0.39 is 4.92 Å². The topological polar surface area (TPSA) is 64.8 Å². The number of rotatable bonds is 5. The lowest BCUT2D eigenvalue weighted by Crippen LogP contribution is -2.66. The number of nitrogens with zero attached hydrogens (tertiary/aromatic N) is 2. The minimum atomic E-state index is -0.413. The molecule has 2 heterocycles. The monoisotopic (exact) mass is 264 g/mol. The summed E-state index contributed by atoms with van der Waals surface area (Å²) in [6.07, 6.45) is 0. The van der Waals surface area contributed by atoms with Crippen molar-refractivity contribution in [1.29, 1.82) is 0 Å². The summed E-state index contributed by atoms with van der Waals surface area (Å²) in [5, 5.41) is 10.5. The van der Waals surface area contributed by atoms with Crippen molar-refractivity contribution >= 4 is 5.69 Å². The van der Waals surface area contributed by atoms with Crippen molar-refractivity contribution in [2.75, 3.05) is 39.5 Å². The van der Waals surface area contributed by atoms with Crippen molar-refractivity contribution in [1.82, 2.24) is 4.90 Å². The van der Waals surface area contributed by atoms with E-state index in [2.05, 4.69) is 4.90 Å². The zero-order chi connectivity index (χ0) is 13.3. The van der Waals surface area contributed by atoms with Gasteiger partial charge in [-0.1, -0.05) is 0 Å². The van der Waals surface area contributed by atoms with Crippen LogP contribution in [0.4, 0.5) is 5.69 Å². The quantitative estimate of drug-likeness (QED) is 0.592. The van der Waals surface area contributed by atoms with Crippen LogP contribution in [0.3, 0.4) is 0 Å². The maximum atomic E-state index is 10.5. The van der Waals surface area contributed by atoms with Crippen LogP contribution in [0.25, 0.3) is 0 Å². The van der Waals surface area contributed by atoms with E-state index in [4.69, 9.17) is 9.47 Å². The first-order chi connectivity index (χ1) is 9.17. The van der Waals surface area contributed by atoms with E-state index in [9.17, 15) is 10.1 Å². The first kappa shape index (κ1) is 12.4. The number of nitro groups is 1. The van der Waals surface area contributed by atoms with Crippen LogP contribution in [0.15, 0.2) is 24.3 Å². The first-order valence-electron chi connectivity index (χ1n) is 6.34. The molecule has 2 aliphatic heterocycles. The summed E-state index contributed by atoms with van der Waals surface area (Å²) in [6.45, 7) is 5.47. The summed E-state index contributed by atoms with van der Waals surface area (Å²) >= 11 is 0. The van der Waals surface area contributed by atoms with Crippen LogP contribution in [0.5, 0.6) is 5.75 Å². The third-order valence-electron chi connectivity index (χ3n) is 3.66. The van der Waals surface area contributed by atoms with Gasteiger partial charge < -0.3 is 9.47 Å². The maximum Gasteiger partial charge on any atom is 0.269 e. The van der Waals surface area contributed by atoms with Crippen LogP contribution in [0.2, 0.25) is 0 Å². The minimum Gasteiger partial charge on any atom is -0.492 e. The first-order valence-corrected chi connectivity index (χ1v) is 6.34. The Kier molecular flexibility index (Phi) is 3.12. The van der Waals surface area contributed by atoms with E-state index in [0.717, 1.165) is 32.8 Å². The van der Waals surface area contributed by atoms with Crippen LogP contribution in [-0.2, 0) is 4.74 Å². The van der Waals surface area contributed by atoms with Crippen LogP contribution in [0, 0.1) is 15.5 Å². The fraction of sp³-hybridized carbons (Fsp3) is 0.538. The second-order valence-electron chi connectivity index (χ2n) is 5.30. The predicted octanol–water partition coefficient (Wildman–Crippen LogP) is 1.31. The molecule has 0 atom stereocenters.